The molecule has 0 spiro atoms. The van der Waals surface area contributed by atoms with Gasteiger partial charge in [0.2, 0.25) is 0 Å². The van der Waals surface area contributed by atoms with Crippen LogP contribution >= 0.6 is 0 Å². The highest BCUT2D eigenvalue weighted by Crippen LogP contribution is 2.35. The van der Waals surface area contributed by atoms with Gasteiger partial charge in [-0.3, -0.25) is 0 Å². The molecule has 0 aromatic heterocycles. The molecule has 0 fully saturated rings. The van der Waals surface area contributed by atoms with Crippen LogP contribution in [0.25, 0.3) is 0 Å². The summed E-state index contributed by atoms with van der Waals surface area (Å²) < 4.78 is 0. The predicted octanol–water partition coefficient (Wildman–Crippen LogP) is 12.3. The van der Waals surface area contributed by atoms with Crippen molar-refractivity contribution in [1.29, 1.82) is 0 Å². The van der Waals surface area contributed by atoms with Gasteiger partial charge in [0.25, 0.3) is 0 Å². The second kappa shape index (κ2) is 27.0. The molecule has 0 amide bonds. The molecule has 1 nitrogen and oxygen atoms in total. The molecule has 1 unspecified atom stereocenters. The Balaban J connectivity index is 4.14. The maximum atomic E-state index is 7.27. The fraction of sp³-hybridized carbons (Fsp3) is 1.00. The molecule has 0 aliphatic carbocycles. The van der Waals surface area contributed by atoms with Gasteiger partial charge in [-0.1, -0.05) is 182 Å². The van der Waals surface area contributed by atoms with Crippen LogP contribution in [0.1, 0.15) is 207 Å². The zero-order valence-corrected chi connectivity index (χ0v) is 25.5. The SMILES string of the molecule is CCCCCCCCCCCCCCCCCC(CCCCC)C(N)(CCCCC)CCCCC. The summed E-state index contributed by atoms with van der Waals surface area (Å²) in [6, 6.07) is 0. The molecule has 1 atom stereocenters. The molecule has 0 aromatic rings. The Hall–Kier alpha value is -0.0400. The minimum absolute atomic E-state index is 0.105. The number of rotatable bonds is 29. The summed E-state index contributed by atoms with van der Waals surface area (Å²) in [5, 5.41) is 0. The Bertz CT molecular complexity index is 380. The summed E-state index contributed by atoms with van der Waals surface area (Å²) in [7, 11) is 0. The van der Waals surface area contributed by atoms with Crippen LogP contribution < -0.4 is 5.73 Å². The maximum Gasteiger partial charge on any atom is 0.0182 e. The third kappa shape index (κ3) is 21.7. The smallest absolute Gasteiger partial charge is 0.0182 e. The highest BCUT2D eigenvalue weighted by molar-refractivity contribution is 4.91. The third-order valence-electron chi connectivity index (χ3n) is 8.62. The van der Waals surface area contributed by atoms with Crippen molar-refractivity contribution in [3.05, 3.63) is 0 Å². The van der Waals surface area contributed by atoms with Gasteiger partial charge < -0.3 is 5.73 Å². The fourth-order valence-electron chi connectivity index (χ4n) is 6.06. The van der Waals surface area contributed by atoms with E-state index in [-0.39, 0.29) is 5.54 Å². The van der Waals surface area contributed by atoms with E-state index in [1.54, 1.807) is 0 Å². The molecule has 0 aliphatic heterocycles. The van der Waals surface area contributed by atoms with Crippen molar-refractivity contribution in [2.24, 2.45) is 11.7 Å². The molecular formula is C34H71N. The topological polar surface area (TPSA) is 26.0 Å². The van der Waals surface area contributed by atoms with Gasteiger partial charge in [-0.15, -0.1) is 0 Å². The van der Waals surface area contributed by atoms with E-state index >= 15 is 0 Å². The molecule has 35 heavy (non-hydrogen) atoms. The van der Waals surface area contributed by atoms with E-state index in [0.29, 0.717) is 0 Å². The standard InChI is InChI=1S/C34H71N/c1-5-9-13-14-15-16-17-18-19-20-21-22-23-24-26-30-33(29-25-10-6-2)34(35,31-27-11-7-3)32-28-12-8-4/h33H,5-32,35H2,1-4H3. The van der Waals surface area contributed by atoms with E-state index in [0.717, 1.165) is 5.92 Å². The first-order chi connectivity index (χ1) is 17.1. The highest BCUT2D eigenvalue weighted by atomic mass is 14.8. The van der Waals surface area contributed by atoms with E-state index in [2.05, 4.69) is 27.7 Å². The summed E-state index contributed by atoms with van der Waals surface area (Å²) in [4.78, 5) is 0. The van der Waals surface area contributed by atoms with Crippen molar-refractivity contribution in [1.82, 2.24) is 0 Å². The average Bonchev–Trinajstić information content (AvgIpc) is 2.85. The van der Waals surface area contributed by atoms with Crippen molar-refractivity contribution < 1.29 is 0 Å². The lowest BCUT2D eigenvalue weighted by atomic mass is 9.72. The Labute approximate surface area is 224 Å². The van der Waals surface area contributed by atoms with Crippen LogP contribution in [-0.2, 0) is 0 Å². The van der Waals surface area contributed by atoms with Crippen LogP contribution in [0, 0.1) is 5.92 Å². The second-order valence-corrected chi connectivity index (χ2v) is 12.1. The van der Waals surface area contributed by atoms with Gasteiger partial charge in [0, 0.05) is 5.54 Å². The van der Waals surface area contributed by atoms with Crippen LogP contribution in [0.5, 0.6) is 0 Å². The largest absolute Gasteiger partial charge is 0.325 e. The van der Waals surface area contributed by atoms with E-state index < -0.39 is 0 Å². The lowest BCUT2D eigenvalue weighted by molar-refractivity contribution is 0.190. The van der Waals surface area contributed by atoms with Crippen molar-refractivity contribution in [2.75, 3.05) is 0 Å². The van der Waals surface area contributed by atoms with Gasteiger partial charge in [0.1, 0.15) is 0 Å². The van der Waals surface area contributed by atoms with Crippen molar-refractivity contribution in [3.8, 4) is 0 Å². The first kappa shape index (κ1) is 35.0. The third-order valence-corrected chi connectivity index (χ3v) is 8.62. The molecule has 0 rings (SSSR count). The molecule has 0 bridgehead atoms. The van der Waals surface area contributed by atoms with E-state index in [1.165, 1.54) is 180 Å². The molecule has 0 radical (unpaired) electrons. The minimum Gasteiger partial charge on any atom is -0.325 e. The zero-order valence-electron chi connectivity index (χ0n) is 25.5. The number of hydrogen-bond donors (Lipinski definition) is 1. The van der Waals surface area contributed by atoms with Crippen molar-refractivity contribution in [3.63, 3.8) is 0 Å². The van der Waals surface area contributed by atoms with Gasteiger partial charge >= 0.3 is 0 Å². The summed E-state index contributed by atoms with van der Waals surface area (Å²) >= 11 is 0. The summed E-state index contributed by atoms with van der Waals surface area (Å²) in [5.74, 6) is 0.754. The Morgan fingerprint density at radius 3 is 1.00 bits per heavy atom. The Kier molecular flexibility index (Phi) is 27.0. The number of hydrogen-bond acceptors (Lipinski definition) is 1. The first-order valence-electron chi connectivity index (χ1n) is 16.9. The minimum atomic E-state index is 0.105. The fourth-order valence-corrected chi connectivity index (χ4v) is 6.06. The Morgan fingerprint density at radius 2 is 0.629 bits per heavy atom. The summed E-state index contributed by atoms with van der Waals surface area (Å²) in [5.41, 5.74) is 7.37. The monoisotopic (exact) mass is 494 g/mol. The van der Waals surface area contributed by atoms with Crippen LogP contribution in [0.15, 0.2) is 0 Å². The molecule has 0 heterocycles. The average molecular weight is 494 g/mol. The molecule has 0 aliphatic rings. The van der Waals surface area contributed by atoms with Gasteiger partial charge in [-0.2, -0.15) is 0 Å². The molecule has 0 saturated carbocycles. The summed E-state index contributed by atoms with van der Waals surface area (Å²) in [6.07, 6.45) is 39.2. The van der Waals surface area contributed by atoms with Crippen LogP contribution in [-0.4, -0.2) is 5.54 Å². The number of nitrogens with two attached hydrogens (primary N) is 1. The first-order valence-corrected chi connectivity index (χ1v) is 16.9. The number of unbranched alkanes of at least 4 members (excludes halogenated alkanes) is 20. The molecular weight excluding hydrogens is 422 g/mol. The maximum absolute atomic E-state index is 7.27. The van der Waals surface area contributed by atoms with Gasteiger partial charge in [-0.05, 0) is 31.6 Å². The molecule has 0 aromatic carbocycles. The van der Waals surface area contributed by atoms with Gasteiger partial charge in [0.15, 0.2) is 0 Å². The second-order valence-electron chi connectivity index (χ2n) is 12.1. The lowest BCUT2D eigenvalue weighted by Gasteiger charge is -2.39. The quantitative estimate of drug-likeness (QED) is 0.103. The summed E-state index contributed by atoms with van der Waals surface area (Å²) in [6.45, 7) is 9.29. The predicted molar refractivity (Wildman–Crippen MR) is 162 cm³/mol. The van der Waals surface area contributed by atoms with Crippen LogP contribution in [0.2, 0.25) is 0 Å². The van der Waals surface area contributed by atoms with E-state index in [4.69, 9.17) is 5.73 Å². The lowest BCUT2D eigenvalue weighted by Crippen LogP contribution is -2.47. The molecule has 0 saturated heterocycles. The van der Waals surface area contributed by atoms with Crippen LogP contribution in [0.4, 0.5) is 0 Å². The normalized spacial score (nSPS) is 12.9. The van der Waals surface area contributed by atoms with Crippen molar-refractivity contribution >= 4 is 0 Å². The van der Waals surface area contributed by atoms with Gasteiger partial charge in [-0.25, -0.2) is 0 Å². The van der Waals surface area contributed by atoms with Crippen LogP contribution in [0.3, 0.4) is 0 Å². The molecule has 1 heteroatoms. The van der Waals surface area contributed by atoms with Crippen molar-refractivity contribution in [2.45, 2.75) is 213 Å². The highest BCUT2D eigenvalue weighted by Gasteiger charge is 2.32. The molecule has 2 N–H and O–H groups in total. The zero-order chi connectivity index (χ0) is 25.9. The van der Waals surface area contributed by atoms with E-state index in [9.17, 15) is 0 Å². The van der Waals surface area contributed by atoms with E-state index in [1.807, 2.05) is 0 Å². The molecule has 212 valence electrons. The van der Waals surface area contributed by atoms with Gasteiger partial charge in [0.05, 0.1) is 0 Å². The Morgan fingerprint density at radius 1 is 0.371 bits per heavy atom.